The van der Waals surface area contributed by atoms with Crippen LogP contribution in [0.25, 0.3) is 0 Å². The molecule has 1 spiro atoms. The predicted octanol–water partition coefficient (Wildman–Crippen LogP) is 2.79. The molecule has 0 radical (unpaired) electrons. The number of rotatable bonds is 2. The van der Waals surface area contributed by atoms with Crippen molar-refractivity contribution in [3.8, 4) is 0 Å². The molecule has 3 heteroatoms. The number of amides is 1. The molecule has 1 saturated heterocycles. The average molecular weight is 271 g/mol. The van der Waals surface area contributed by atoms with Crippen LogP contribution in [0.2, 0.25) is 0 Å². The summed E-state index contributed by atoms with van der Waals surface area (Å²) in [4.78, 5) is 27.1. The van der Waals surface area contributed by atoms with Crippen LogP contribution in [0.3, 0.4) is 0 Å². The Hall–Kier alpha value is -1.64. The molecule has 2 fully saturated rings. The molecule has 0 aromatic heterocycles. The topological polar surface area (TPSA) is 37.4 Å². The Morgan fingerprint density at radius 1 is 1.20 bits per heavy atom. The van der Waals surface area contributed by atoms with Crippen LogP contribution in [0, 0.1) is 11.3 Å². The van der Waals surface area contributed by atoms with E-state index in [0.717, 1.165) is 24.8 Å². The van der Waals surface area contributed by atoms with Crippen LogP contribution in [0.4, 0.5) is 0 Å². The van der Waals surface area contributed by atoms with Gasteiger partial charge in [-0.3, -0.25) is 9.59 Å². The van der Waals surface area contributed by atoms with Crippen molar-refractivity contribution < 1.29 is 9.59 Å². The van der Waals surface area contributed by atoms with E-state index in [1.807, 2.05) is 35.2 Å². The smallest absolute Gasteiger partial charge is 0.236 e. The number of nitrogens with zero attached hydrogens (tertiary/aromatic N) is 1. The molecule has 2 aliphatic rings. The Morgan fingerprint density at radius 2 is 1.95 bits per heavy atom. The Bertz CT molecular complexity index is 525. The number of ketones is 1. The molecule has 0 unspecified atom stereocenters. The first kappa shape index (κ1) is 13.3. The van der Waals surface area contributed by atoms with Crippen LogP contribution < -0.4 is 0 Å². The largest absolute Gasteiger partial charge is 0.337 e. The van der Waals surface area contributed by atoms with E-state index in [4.69, 9.17) is 0 Å². The quantitative estimate of drug-likeness (QED) is 0.776. The van der Waals surface area contributed by atoms with Gasteiger partial charge in [0, 0.05) is 19.5 Å². The lowest BCUT2D eigenvalue weighted by Crippen LogP contribution is -2.44. The van der Waals surface area contributed by atoms with Gasteiger partial charge in [-0.25, -0.2) is 0 Å². The third-order valence-corrected chi connectivity index (χ3v) is 4.94. The number of Topliss-reactive ketones (excluding diaryl/α,β-unsaturated/α-hetero) is 1. The summed E-state index contributed by atoms with van der Waals surface area (Å²) >= 11 is 0. The molecule has 1 aliphatic heterocycles. The van der Waals surface area contributed by atoms with Crippen molar-refractivity contribution in [3.63, 3.8) is 0 Å². The van der Waals surface area contributed by atoms with E-state index >= 15 is 0 Å². The van der Waals surface area contributed by atoms with Gasteiger partial charge in [0.1, 0.15) is 11.2 Å². The highest BCUT2D eigenvalue weighted by molar-refractivity contribution is 6.08. The number of likely N-dealkylation sites (tertiary alicyclic amines) is 1. The Labute approximate surface area is 120 Å². The zero-order valence-electron chi connectivity index (χ0n) is 12.0. The van der Waals surface area contributed by atoms with Crippen molar-refractivity contribution in [2.75, 3.05) is 6.54 Å². The van der Waals surface area contributed by atoms with Crippen LogP contribution >= 0.6 is 0 Å². The van der Waals surface area contributed by atoms with Crippen molar-refractivity contribution in [2.45, 2.75) is 39.2 Å². The van der Waals surface area contributed by atoms with Crippen molar-refractivity contribution in [1.29, 1.82) is 0 Å². The van der Waals surface area contributed by atoms with E-state index in [1.54, 1.807) is 0 Å². The molecule has 1 saturated carbocycles. The summed E-state index contributed by atoms with van der Waals surface area (Å²) in [5.41, 5.74) is 0.431. The monoisotopic (exact) mass is 271 g/mol. The van der Waals surface area contributed by atoms with Crippen LogP contribution in [-0.2, 0) is 16.1 Å². The highest BCUT2D eigenvalue weighted by atomic mass is 16.2. The van der Waals surface area contributed by atoms with Crippen LogP contribution in [0.1, 0.15) is 38.2 Å². The minimum absolute atomic E-state index is 0.0681. The van der Waals surface area contributed by atoms with Gasteiger partial charge in [0.2, 0.25) is 5.91 Å². The Kier molecular flexibility index (Phi) is 3.36. The second kappa shape index (κ2) is 5.04. The molecule has 20 heavy (non-hydrogen) atoms. The van der Waals surface area contributed by atoms with E-state index in [2.05, 4.69) is 6.92 Å². The van der Waals surface area contributed by atoms with Gasteiger partial charge in [-0.15, -0.1) is 0 Å². The molecule has 3 rings (SSSR count). The van der Waals surface area contributed by atoms with E-state index in [-0.39, 0.29) is 17.6 Å². The summed E-state index contributed by atoms with van der Waals surface area (Å²) in [7, 11) is 0. The molecule has 1 amide bonds. The zero-order chi connectivity index (χ0) is 14.2. The maximum atomic E-state index is 12.8. The fourth-order valence-corrected chi connectivity index (χ4v) is 3.80. The number of hydrogen-bond donors (Lipinski definition) is 0. The summed E-state index contributed by atoms with van der Waals surface area (Å²) in [5.74, 6) is 0.391. The van der Waals surface area contributed by atoms with Gasteiger partial charge in [0.15, 0.2) is 0 Å². The minimum atomic E-state index is -0.701. The fraction of sp³-hybridized carbons (Fsp3) is 0.529. The molecule has 0 N–H and O–H groups in total. The first-order valence-corrected chi connectivity index (χ1v) is 7.51. The molecular weight excluding hydrogens is 250 g/mol. The molecule has 1 heterocycles. The van der Waals surface area contributed by atoms with E-state index < -0.39 is 5.41 Å². The third kappa shape index (κ3) is 1.96. The van der Waals surface area contributed by atoms with Crippen molar-refractivity contribution in [3.05, 3.63) is 35.9 Å². The molecule has 1 aromatic carbocycles. The van der Waals surface area contributed by atoms with Crippen molar-refractivity contribution in [2.24, 2.45) is 11.3 Å². The molecule has 2 atom stereocenters. The van der Waals surface area contributed by atoms with Gasteiger partial charge < -0.3 is 4.90 Å². The maximum Gasteiger partial charge on any atom is 0.236 e. The zero-order valence-corrected chi connectivity index (χ0v) is 12.0. The van der Waals surface area contributed by atoms with Gasteiger partial charge >= 0.3 is 0 Å². The number of carbonyl (C=O) groups excluding carboxylic acids is 2. The molecule has 1 aromatic rings. The highest BCUT2D eigenvalue weighted by Crippen LogP contribution is 2.46. The van der Waals surface area contributed by atoms with E-state index in [9.17, 15) is 9.59 Å². The molecule has 1 aliphatic carbocycles. The first-order valence-electron chi connectivity index (χ1n) is 7.51. The van der Waals surface area contributed by atoms with Gasteiger partial charge in [-0.05, 0) is 24.3 Å². The summed E-state index contributed by atoms with van der Waals surface area (Å²) in [5, 5.41) is 0. The first-order chi connectivity index (χ1) is 9.64. The lowest BCUT2D eigenvalue weighted by atomic mass is 9.67. The van der Waals surface area contributed by atoms with Gasteiger partial charge in [-0.1, -0.05) is 43.7 Å². The summed E-state index contributed by atoms with van der Waals surface area (Å²) in [6, 6.07) is 10.0. The van der Waals surface area contributed by atoms with Crippen molar-refractivity contribution >= 4 is 11.7 Å². The van der Waals surface area contributed by atoms with Gasteiger partial charge in [-0.2, -0.15) is 0 Å². The molecule has 0 bridgehead atoms. The molecular formula is C17H21NO2. The summed E-state index contributed by atoms with van der Waals surface area (Å²) in [6.45, 7) is 3.39. The van der Waals surface area contributed by atoms with Gasteiger partial charge in [0.25, 0.3) is 0 Å². The van der Waals surface area contributed by atoms with Crippen LogP contribution in [-0.4, -0.2) is 23.1 Å². The second-order valence-electron chi connectivity index (χ2n) is 6.17. The SMILES string of the molecule is C[C@@H]1CN(Cc2ccccc2)C(=O)[C@]12CCCCC2=O. The van der Waals surface area contributed by atoms with Crippen LogP contribution in [0.5, 0.6) is 0 Å². The van der Waals surface area contributed by atoms with Gasteiger partial charge in [0.05, 0.1) is 0 Å². The minimum Gasteiger partial charge on any atom is -0.337 e. The highest BCUT2D eigenvalue weighted by Gasteiger charge is 2.56. The predicted molar refractivity (Wildman–Crippen MR) is 76.9 cm³/mol. The number of hydrogen-bond acceptors (Lipinski definition) is 2. The second-order valence-corrected chi connectivity index (χ2v) is 6.17. The summed E-state index contributed by atoms with van der Waals surface area (Å²) < 4.78 is 0. The maximum absolute atomic E-state index is 12.8. The molecule has 106 valence electrons. The standard InChI is InChI=1S/C17H21NO2/c1-13-11-18(12-14-7-3-2-4-8-14)16(20)17(13)10-6-5-9-15(17)19/h2-4,7-8,13H,5-6,9-12H2,1H3/t13-,17-/m1/s1. The summed E-state index contributed by atoms with van der Waals surface area (Å²) in [6.07, 6.45) is 3.27. The van der Waals surface area contributed by atoms with E-state index in [0.29, 0.717) is 19.5 Å². The number of carbonyl (C=O) groups is 2. The van der Waals surface area contributed by atoms with Crippen molar-refractivity contribution in [1.82, 2.24) is 4.90 Å². The average Bonchev–Trinajstić information content (AvgIpc) is 2.69. The third-order valence-electron chi connectivity index (χ3n) is 4.94. The normalized spacial score (nSPS) is 30.2. The van der Waals surface area contributed by atoms with Crippen LogP contribution in [0.15, 0.2) is 30.3 Å². The lowest BCUT2D eigenvalue weighted by Gasteiger charge is -2.33. The fourth-order valence-electron chi connectivity index (χ4n) is 3.80. The lowest BCUT2D eigenvalue weighted by molar-refractivity contribution is -0.148. The molecule has 3 nitrogen and oxygen atoms in total. The Morgan fingerprint density at radius 3 is 2.65 bits per heavy atom. The Balaban J connectivity index is 1.83. The van der Waals surface area contributed by atoms with E-state index in [1.165, 1.54) is 0 Å². The number of benzene rings is 1.